The van der Waals surface area contributed by atoms with E-state index < -0.39 is 0 Å². The maximum atomic E-state index is 6.12. The number of rotatable bonds is 3. The molecule has 5 nitrogen and oxygen atoms in total. The standard InChI is InChI=1S/C18H19Cl2N5/c1-24-18-17(21-6-7-22-18)16(23-24)13-4-8-25(9-5-13)11-12-2-3-14(19)15(20)10-12/h2-3,6-7,10,13H,4-5,8-9,11H2,1H3. The molecule has 3 aromatic rings. The van der Waals surface area contributed by atoms with Crippen LogP contribution in [0, 0.1) is 0 Å². The first-order valence-corrected chi connectivity index (χ1v) is 9.17. The van der Waals surface area contributed by atoms with Crippen LogP contribution in [0.1, 0.15) is 30.0 Å². The molecule has 25 heavy (non-hydrogen) atoms. The van der Waals surface area contributed by atoms with Crippen molar-refractivity contribution in [1.82, 2.24) is 24.6 Å². The lowest BCUT2D eigenvalue weighted by Crippen LogP contribution is -2.32. The molecule has 130 valence electrons. The summed E-state index contributed by atoms with van der Waals surface area (Å²) in [6.07, 6.45) is 5.61. The normalized spacial score (nSPS) is 16.6. The molecule has 2 aromatic heterocycles. The van der Waals surface area contributed by atoms with Crippen LogP contribution >= 0.6 is 23.2 Å². The van der Waals surface area contributed by atoms with Gasteiger partial charge in [0.15, 0.2) is 5.65 Å². The van der Waals surface area contributed by atoms with Crippen molar-refractivity contribution in [2.24, 2.45) is 7.05 Å². The van der Waals surface area contributed by atoms with Crippen molar-refractivity contribution in [1.29, 1.82) is 0 Å². The van der Waals surface area contributed by atoms with Crippen LogP contribution in [0.15, 0.2) is 30.6 Å². The third kappa shape index (κ3) is 3.36. The predicted molar refractivity (Wildman–Crippen MR) is 100 cm³/mol. The van der Waals surface area contributed by atoms with Gasteiger partial charge in [0, 0.05) is 31.9 Å². The second-order valence-corrected chi connectivity index (χ2v) is 7.35. The van der Waals surface area contributed by atoms with Crippen LogP contribution in [0.5, 0.6) is 0 Å². The molecule has 0 spiro atoms. The van der Waals surface area contributed by atoms with E-state index in [2.05, 4.69) is 20.0 Å². The minimum atomic E-state index is 0.436. The van der Waals surface area contributed by atoms with Gasteiger partial charge in [0.1, 0.15) is 5.52 Å². The second kappa shape index (κ2) is 6.90. The second-order valence-electron chi connectivity index (χ2n) is 6.54. The molecule has 4 rings (SSSR count). The molecule has 0 atom stereocenters. The topological polar surface area (TPSA) is 46.8 Å². The van der Waals surface area contributed by atoms with E-state index in [0.29, 0.717) is 16.0 Å². The number of hydrogen-bond donors (Lipinski definition) is 0. The van der Waals surface area contributed by atoms with Crippen LogP contribution in [0.3, 0.4) is 0 Å². The quantitative estimate of drug-likeness (QED) is 0.692. The zero-order valence-corrected chi connectivity index (χ0v) is 15.5. The van der Waals surface area contributed by atoms with Crippen molar-refractivity contribution in [2.75, 3.05) is 13.1 Å². The first kappa shape index (κ1) is 16.8. The summed E-state index contributed by atoms with van der Waals surface area (Å²) < 4.78 is 1.83. The van der Waals surface area contributed by atoms with Crippen LogP contribution < -0.4 is 0 Å². The fraction of sp³-hybridized carbons (Fsp3) is 0.389. The summed E-state index contributed by atoms with van der Waals surface area (Å²) in [7, 11) is 1.93. The van der Waals surface area contributed by atoms with E-state index in [4.69, 9.17) is 23.2 Å². The molecular formula is C18H19Cl2N5. The molecule has 1 fully saturated rings. The molecule has 0 unspecified atom stereocenters. The average Bonchev–Trinajstić information content (AvgIpc) is 2.96. The Balaban J connectivity index is 1.45. The number of hydrogen-bond acceptors (Lipinski definition) is 4. The van der Waals surface area contributed by atoms with Crippen molar-refractivity contribution in [3.8, 4) is 0 Å². The van der Waals surface area contributed by atoms with E-state index in [0.717, 1.165) is 49.3 Å². The van der Waals surface area contributed by atoms with Crippen LogP contribution in [0.25, 0.3) is 11.2 Å². The minimum absolute atomic E-state index is 0.436. The lowest BCUT2D eigenvalue weighted by atomic mass is 9.93. The van der Waals surface area contributed by atoms with Gasteiger partial charge in [0.2, 0.25) is 0 Å². The fourth-order valence-electron chi connectivity index (χ4n) is 3.54. The van der Waals surface area contributed by atoms with Crippen molar-refractivity contribution in [2.45, 2.75) is 25.3 Å². The highest BCUT2D eigenvalue weighted by molar-refractivity contribution is 6.42. The van der Waals surface area contributed by atoms with Gasteiger partial charge in [0.05, 0.1) is 15.7 Å². The zero-order chi connectivity index (χ0) is 17.4. The minimum Gasteiger partial charge on any atom is -0.299 e. The van der Waals surface area contributed by atoms with Gasteiger partial charge in [-0.2, -0.15) is 5.10 Å². The first-order valence-electron chi connectivity index (χ1n) is 8.41. The molecule has 1 aromatic carbocycles. The van der Waals surface area contributed by atoms with Crippen molar-refractivity contribution in [3.63, 3.8) is 0 Å². The number of nitrogens with zero attached hydrogens (tertiary/aromatic N) is 5. The van der Waals surface area contributed by atoms with Gasteiger partial charge in [-0.25, -0.2) is 14.6 Å². The maximum Gasteiger partial charge on any atom is 0.176 e. The molecule has 0 aliphatic carbocycles. The van der Waals surface area contributed by atoms with Crippen molar-refractivity contribution in [3.05, 3.63) is 51.9 Å². The number of likely N-dealkylation sites (tertiary alicyclic amines) is 1. The Bertz CT molecular complexity index is 900. The van der Waals surface area contributed by atoms with Gasteiger partial charge < -0.3 is 0 Å². The molecule has 1 saturated heterocycles. The fourth-order valence-corrected chi connectivity index (χ4v) is 3.86. The highest BCUT2D eigenvalue weighted by Crippen LogP contribution is 2.31. The van der Waals surface area contributed by atoms with Gasteiger partial charge in [0.25, 0.3) is 0 Å². The largest absolute Gasteiger partial charge is 0.299 e. The molecule has 3 heterocycles. The molecule has 0 saturated carbocycles. The Morgan fingerprint density at radius 1 is 1.08 bits per heavy atom. The lowest BCUT2D eigenvalue weighted by molar-refractivity contribution is 0.203. The summed E-state index contributed by atoms with van der Waals surface area (Å²) in [5.41, 5.74) is 4.07. The van der Waals surface area contributed by atoms with E-state index in [1.165, 1.54) is 5.56 Å². The number of aryl methyl sites for hydroxylation is 1. The van der Waals surface area contributed by atoms with Gasteiger partial charge in [-0.1, -0.05) is 29.3 Å². The number of piperidine rings is 1. The SMILES string of the molecule is Cn1nc(C2CCN(Cc3ccc(Cl)c(Cl)c3)CC2)c2nccnc21. The summed E-state index contributed by atoms with van der Waals surface area (Å²) in [4.78, 5) is 11.3. The van der Waals surface area contributed by atoms with Crippen LogP contribution in [0.4, 0.5) is 0 Å². The van der Waals surface area contributed by atoms with Crippen molar-refractivity contribution >= 4 is 34.4 Å². The predicted octanol–water partition coefficient (Wildman–Crippen LogP) is 4.05. The molecule has 0 bridgehead atoms. The molecule has 0 N–H and O–H groups in total. The maximum absolute atomic E-state index is 6.12. The third-order valence-corrected chi connectivity index (χ3v) is 5.59. The van der Waals surface area contributed by atoms with E-state index >= 15 is 0 Å². The summed E-state index contributed by atoms with van der Waals surface area (Å²) in [5, 5.41) is 5.91. The molecule has 0 radical (unpaired) electrons. The summed E-state index contributed by atoms with van der Waals surface area (Å²) in [5.74, 6) is 0.436. The summed E-state index contributed by atoms with van der Waals surface area (Å²) in [6.45, 7) is 2.96. The van der Waals surface area contributed by atoms with Crippen LogP contribution in [-0.2, 0) is 13.6 Å². The van der Waals surface area contributed by atoms with Crippen LogP contribution in [0.2, 0.25) is 10.0 Å². The molecular weight excluding hydrogens is 357 g/mol. The highest BCUT2D eigenvalue weighted by Gasteiger charge is 2.25. The van der Waals surface area contributed by atoms with E-state index in [-0.39, 0.29) is 0 Å². The Morgan fingerprint density at radius 2 is 1.84 bits per heavy atom. The lowest BCUT2D eigenvalue weighted by Gasteiger charge is -2.31. The van der Waals surface area contributed by atoms with Gasteiger partial charge >= 0.3 is 0 Å². The van der Waals surface area contributed by atoms with Crippen molar-refractivity contribution < 1.29 is 0 Å². The molecule has 1 aliphatic rings. The van der Waals surface area contributed by atoms with Gasteiger partial charge in [-0.15, -0.1) is 0 Å². The molecule has 0 amide bonds. The highest BCUT2D eigenvalue weighted by atomic mass is 35.5. The number of aromatic nitrogens is 4. The van der Waals surface area contributed by atoms with Crippen LogP contribution in [-0.4, -0.2) is 37.7 Å². The zero-order valence-electron chi connectivity index (χ0n) is 14.0. The van der Waals surface area contributed by atoms with Gasteiger partial charge in [-0.3, -0.25) is 4.90 Å². The average molecular weight is 376 g/mol. The Hall–Kier alpha value is -1.69. The third-order valence-electron chi connectivity index (χ3n) is 4.85. The number of benzene rings is 1. The molecule has 7 heteroatoms. The van der Waals surface area contributed by atoms with E-state index in [1.807, 2.05) is 29.9 Å². The first-order chi connectivity index (χ1) is 12.1. The smallest absolute Gasteiger partial charge is 0.176 e. The Kier molecular flexibility index (Phi) is 4.63. The number of fused-ring (bicyclic) bond motifs is 1. The summed E-state index contributed by atoms with van der Waals surface area (Å²) in [6, 6.07) is 5.87. The Labute approximate surface area is 156 Å². The molecule has 1 aliphatic heterocycles. The monoisotopic (exact) mass is 375 g/mol. The van der Waals surface area contributed by atoms with Gasteiger partial charge in [-0.05, 0) is 43.6 Å². The van der Waals surface area contributed by atoms with E-state index in [1.54, 1.807) is 12.4 Å². The van der Waals surface area contributed by atoms with E-state index in [9.17, 15) is 0 Å². The Morgan fingerprint density at radius 3 is 2.60 bits per heavy atom. The number of halogens is 2. The summed E-state index contributed by atoms with van der Waals surface area (Å²) >= 11 is 12.1.